The first-order chi connectivity index (χ1) is 11.7. The topological polar surface area (TPSA) is 43.1 Å². The zero-order chi connectivity index (χ0) is 17.9. The Morgan fingerprint density at radius 1 is 0.667 bits per heavy atom. The van der Waals surface area contributed by atoms with E-state index in [-0.39, 0.29) is 5.91 Å². The Balaban J connectivity index is 3.04. The van der Waals surface area contributed by atoms with Crippen LogP contribution in [0.5, 0.6) is 0 Å². The van der Waals surface area contributed by atoms with Crippen LogP contribution in [0.4, 0.5) is 0 Å². The third-order valence-corrected chi connectivity index (χ3v) is 5.30. The van der Waals surface area contributed by atoms with Gasteiger partial charge in [-0.05, 0) is 6.42 Å². The number of alkyl halides is 1. The van der Waals surface area contributed by atoms with Crippen LogP contribution in [0.15, 0.2) is 0 Å². The molecule has 0 spiro atoms. The lowest BCUT2D eigenvalue weighted by atomic mass is 10.0. The van der Waals surface area contributed by atoms with Gasteiger partial charge in [-0.3, -0.25) is 4.79 Å². The summed E-state index contributed by atoms with van der Waals surface area (Å²) in [6, 6.07) is 0. The largest absolute Gasteiger partial charge is 0.368 e. The molecule has 2 nitrogen and oxygen atoms in total. The summed E-state index contributed by atoms with van der Waals surface area (Å²) >= 11 is 5.81. The third-order valence-electron chi connectivity index (χ3n) is 4.87. The monoisotopic (exact) mass is 359 g/mol. The van der Waals surface area contributed by atoms with E-state index in [2.05, 4.69) is 6.92 Å². The van der Waals surface area contributed by atoms with Gasteiger partial charge < -0.3 is 5.73 Å². The molecule has 0 bridgehead atoms. The third kappa shape index (κ3) is 18.1. The Bertz CT molecular complexity index is 271. The Morgan fingerprint density at radius 2 is 0.958 bits per heavy atom. The highest BCUT2D eigenvalue weighted by atomic mass is 35.5. The standard InChI is InChI=1S/C21H42ClNO/c1-2-3-4-5-6-7-8-9-10-11-12-13-14-15-16-17-18-19-20(22)21(23)24/h20H,2-19H2,1H3,(H2,23,24). The van der Waals surface area contributed by atoms with Crippen molar-refractivity contribution < 1.29 is 4.79 Å². The van der Waals surface area contributed by atoms with Crippen molar-refractivity contribution >= 4 is 17.5 Å². The molecule has 0 fully saturated rings. The quantitative estimate of drug-likeness (QED) is 0.193. The van der Waals surface area contributed by atoms with Gasteiger partial charge in [-0.2, -0.15) is 0 Å². The first-order valence-electron chi connectivity index (χ1n) is 10.6. The highest BCUT2D eigenvalue weighted by Crippen LogP contribution is 2.15. The van der Waals surface area contributed by atoms with Gasteiger partial charge in [0.05, 0.1) is 0 Å². The van der Waals surface area contributed by atoms with Gasteiger partial charge in [0, 0.05) is 0 Å². The average molecular weight is 360 g/mol. The highest BCUT2D eigenvalue weighted by molar-refractivity contribution is 6.30. The molecule has 24 heavy (non-hydrogen) atoms. The van der Waals surface area contributed by atoms with Crippen molar-refractivity contribution in [2.75, 3.05) is 0 Å². The Kier molecular flexibility index (Phi) is 18.9. The van der Waals surface area contributed by atoms with Gasteiger partial charge in [0.15, 0.2) is 0 Å². The van der Waals surface area contributed by atoms with Crippen LogP contribution in [0.3, 0.4) is 0 Å². The Morgan fingerprint density at radius 3 is 1.25 bits per heavy atom. The summed E-state index contributed by atoms with van der Waals surface area (Å²) in [5, 5.41) is -0.471. The molecular weight excluding hydrogens is 318 g/mol. The number of nitrogens with two attached hydrogens (primary N) is 1. The SMILES string of the molecule is CCCCCCCCCCCCCCCCCCCC(Cl)C(N)=O. The fourth-order valence-corrected chi connectivity index (χ4v) is 3.34. The molecule has 1 atom stereocenters. The second-order valence-corrected chi connectivity index (χ2v) is 7.84. The van der Waals surface area contributed by atoms with E-state index in [1.165, 1.54) is 103 Å². The van der Waals surface area contributed by atoms with Gasteiger partial charge in [0.25, 0.3) is 0 Å². The Hall–Kier alpha value is -0.240. The van der Waals surface area contributed by atoms with Crippen LogP contribution in [0.25, 0.3) is 0 Å². The van der Waals surface area contributed by atoms with Gasteiger partial charge in [-0.25, -0.2) is 0 Å². The van der Waals surface area contributed by atoms with E-state index in [9.17, 15) is 4.79 Å². The van der Waals surface area contributed by atoms with Crippen molar-refractivity contribution in [2.24, 2.45) is 5.73 Å². The van der Waals surface area contributed by atoms with Gasteiger partial charge in [-0.15, -0.1) is 11.6 Å². The molecule has 0 aromatic heterocycles. The molecule has 0 aromatic carbocycles. The smallest absolute Gasteiger partial charge is 0.235 e. The van der Waals surface area contributed by atoms with Crippen LogP contribution in [-0.4, -0.2) is 11.3 Å². The first-order valence-corrected chi connectivity index (χ1v) is 11.1. The zero-order valence-electron chi connectivity index (χ0n) is 16.2. The first kappa shape index (κ1) is 23.8. The molecule has 1 amide bonds. The van der Waals surface area contributed by atoms with Crippen molar-refractivity contribution in [1.82, 2.24) is 0 Å². The summed E-state index contributed by atoms with van der Waals surface area (Å²) in [6.45, 7) is 2.28. The highest BCUT2D eigenvalue weighted by Gasteiger charge is 2.09. The molecule has 3 heteroatoms. The van der Waals surface area contributed by atoms with E-state index in [1.807, 2.05) is 0 Å². The second kappa shape index (κ2) is 19.1. The molecule has 0 heterocycles. The number of hydrogen-bond donors (Lipinski definition) is 1. The number of hydrogen-bond acceptors (Lipinski definition) is 1. The number of rotatable bonds is 19. The summed E-state index contributed by atoms with van der Waals surface area (Å²) in [6.07, 6.45) is 23.9. The van der Waals surface area contributed by atoms with Crippen LogP contribution in [-0.2, 0) is 4.79 Å². The van der Waals surface area contributed by atoms with Crippen molar-refractivity contribution in [2.45, 2.75) is 128 Å². The maximum absolute atomic E-state index is 10.8. The fraction of sp³-hybridized carbons (Fsp3) is 0.952. The number of primary amides is 1. The summed E-state index contributed by atoms with van der Waals surface area (Å²) in [4.78, 5) is 10.8. The minimum absolute atomic E-state index is 0.381. The van der Waals surface area contributed by atoms with Crippen LogP contribution in [0, 0.1) is 0 Å². The minimum atomic E-state index is -0.471. The minimum Gasteiger partial charge on any atom is -0.368 e. The molecule has 0 aliphatic rings. The van der Waals surface area contributed by atoms with Crippen molar-refractivity contribution in [3.05, 3.63) is 0 Å². The lowest BCUT2D eigenvalue weighted by molar-refractivity contribution is -0.117. The number of unbranched alkanes of at least 4 members (excludes halogenated alkanes) is 16. The molecule has 1 unspecified atom stereocenters. The van der Waals surface area contributed by atoms with Gasteiger partial charge in [0.1, 0.15) is 5.38 Å². The van der Waals surface area contributed by atoms with E-state index in [4.69, 9.17) is 17.3 Å². The van der Waals surface area contributed by atoms with Crippen LogP contribution in [0.1, 0.15) is 122 Å². The van der Waals surface area contributed by atoms with Crippen LogP contribution in [0.2, 0.25) is 0 Å². The van der Waals surface area contributed by atoms with Gasteiger partial charge >= 0.3 is 0 Å². The number of halogens is 1. The van der Waals surface area contributed by atoms with Crippen molar-refractivity contribution in [1.29, 1.82) is 0 Å². The summed E-state index contributed by atoms with van der Waals surface area (Å²) < 4.78 is 0. The molecule has 0 saturated carbocycles. The molecular formula is C21H42ClNO. The fourth-order valence-electron chi connectivity index (χ4n) is 3.19. The average Bonchev–Trinajstić information content (AvgIpc) is 2.57. The van der Waals surface area contributed by atoms with Gasteiger partial charge in [-0.1, -0.05) is 116 Å². The second-order valence-electron chi connectivity index (χ2n) is 7.32. The van der Waals surface area contributed by atoms with Crippen molar-refractivity contribution in [3.63, 3.8) is 0 Å². The number of amides is 1. The van der Waals surface area contributed by atoms with Gasteiger partial charge in [0.2, 0.25) is 5.91 Å². The van der Waals surface area contributed by atoms with Crippen molar-refractivity contribution in [3.8, 4) is 0 Å². The van der Waals surface area contributed by atoms with E-state index < -0.39 is 5.38 Å². The lowest BCUT2D eigenvalue weighted by Gasteiger charge is -2.05. The predicted octanol–water partition coefficient (Wildman–Crippen LogP) is 7.12. The maximum atomic E-state index is 10.8. The van der Waals surface area contributed by atoms with E-state index in [0.717, 1.165) is 12.8 Å². The maximum Gasteiger partial charge on any atom is 0.235 e. The Labute approximate surface area is 156 Å². The molecule has 0 radical (unpaired) electrons. The molecule has 2 N–H and O–H groups in total. The number of carbonyl (C=O) groups excluding carboxylic acids is 1. The molecule has 144 valence electrons. The van der Waals surface area contributed by atoms with E-state index >= 15 is 0 Å². The number of carbonyl (C=O) groups is 1. The van der Waals surface area contributed by atoms with E-state index in [0.29, 0.717) is 0 Å². The summed E-state index contributed by atoms with van der Waals surface area (Å²) in [5.41, 5.74) is 5.14. The van der Waals surface area contributed by atoms with Crippen LogP contribution < -0.4 is 5.73 Å². The van der Waals surface area contributed by atoms with Crippen LogP contribution >= 0.6 is 11.6 Å². The predicted molar refractivity (Wildman–Crippen MR) is 108 cm³/mol. The lowest BCUT2D eigenvalue weighted by Crippen LogP contribution is -2.23. The molecule has 0 rings (SSSR count). The molecule has 0 aliphatic heterocycles. The summed E-state index contributed by atoms with van der Waals surface area (Å²) in [5.74, 6) is -0.381. The normalized spacial score (nSPS) is 12.4. The summed E-state index contributed by atoms with van der Waals surface area (Å²) in [7, 11) is 0. The zero-order valence-corrected chi connectivity index (χ0v) is 16.9. The molecule has 0 saturated heterocycles. The molecule has 0 aliphatic carbocycles. The van der Waals surface area contributed by atoms with E-state index in [1.54, 1.807) is 0 Å². The molecule has 0 aromatic rings.